The molecule has 2 aromatic heterocycles. The third kappa shape index (κ3) is 1.13. The van der Waals surface area contributed by atoms with E-state index in [9.17, 15) is 4.79 Å². The molecule has 0 aromatic carbocycles. The molecule has 1 unspecified atom stereocenters. The molecule has 2 N–H and O–H groups in total. The van der Waals surface area contributed by atoms with E-state index in [1.807, 2.05) is 12.1 Å². The van der Waals surface area contributed by atoms with Gasteiger partial charge in [0.05, 0.1) is 0 Å². The average Bonchev–Trinajstić information content (AvgIpc) is 2.75. The first-order valence-corrected chi connectivity index (χ1v) is 5.97. The summed E-state index contributed by atoms with van der Waals surface area (Å²) in [5.41, 5.74) is 3.42. The third-order valence-electron chi connectivity index (χ3n) is 4.13. The Labute approximate surface area is 103 Å². The number of rotatable bonds is 2. The number of aromatic carboxylic acids is 1. The smallest absolute Gasteiger partial charge is 0.356 e. The summed E-state index contributed by atoms with van der Waals surface area (Å²) < 4.78 is 0. The molecule has 0 amide bonds. The lowest BCUT2D eigenvalue weighted by molar-refractivity contribution is 0.0689. The van der Waals surface area contributed by atoms with Gasteiger partial charge in [0.1, 0.15) is 0 Å². The predicted octanol–water partition coefficient (Wildman–Crippen LogP) is 1.56. The lowest BCUT2D eigenvalue weighted by atomic mass is 10.0. The number of H-pyrrole nitrogens is 1. The number of nitrogens with one attached hydrogen (secondary N) is 1. The maximum absolute atomic E-state index is 11.0. The molecule has 0 saturated heterocycles. The third-order valence-corrected chi connectivity index (χ3v) is 4.13. The SMILES string of the molecule is O=C(O)c1n[nH]c2c1C[C@@H]1C(c3ccncc3)[C@H]21. The Morgan fingerprint density at radius 3 is 2.83 bits per heavy atom. The number of carbonyl (C=O) groups is 1. The molecule has 90 valence electrons. The van der Waals surface area contributed by atoms with E-state index in [4.69, 9.17) is 5.11 Å². The van der Waals surface area contributed by atoms with E-state index in [-0.39, 0.29) is 5.69 Å². The number of aromatic amines is 1. The van der Waals surface area contributed by atoms with E-state index in [1.54, 1.807) is 12.4 Å². The minimum Gasteiger partial charge on any atom is -0.476 e. The minimum atomic E-state index is -0.936. The summed E-state index contributed by atoms with van der Waals surface area (Å²) >= 11 is 0. The van der Waals surface area contributed by atoms with Gasteiger partial charge in [-0.2, -0.15) is 5.10 Å². The summed E-state index contributed by atoms with van der Waals surface area (Å²) in [6, 6.07) is 4.08. The second-order valence-electron chi connectivity index (χ2n) is 4.97. The Hall–Kier alpha value is -2.17. The summed E-state index contributed by atoms with van der Waals surface area (Å²) in [6.45, 7) is 0. The van der Waals surface area contributed by atoms with Crippen molar-refractivity contribution in [3.63, 3.8) is 0 Å². The molecule has 5 nitrogen and oxygen atoms in total. The van der Waals surface area contributed by atoms with Crippen molar-refractivity contribution in [2.24, 2.45) is 5.92 Å². The maximum atomic E-state index is 11.0. The van der Waals surface area contributed by atoms with Crippen molar-refractivity contribution in [2.45, 2.75) is 18.3 Å². The van der Waals surface area contributed by atoms with Gasteiger partial charge in [-0.1, -0.05) is 0 Å². The molecule has 1 fully saturated rings. The highest BCUT2D eigenvalue weighted by atomic mass is 16.4. The maximum Gasteiger partial charge on any atom is 0.356 e. The molecule has 1 saturated carbocycles. The standard InChI is InChI=1S/C13H11N3O2/c17-13(18)12-8-5-7-9(6-1-3-14-4-2-6)10(7)11(8)15-16-12/h1-4,7,9-10H,5H2,(H,15,16)(H,17,18)/t7-,9?,10-/m1/s1. The molecular weight excluding hydrogens is 230 g/mol. The van der Waals surface area contributed by atoms with Crippen LogP contribution in [0.4, 0.5) is 0 Å². The molecule has 0 radical (unpaired) electrons. The first kappa shape index (κ1) is 9.82. The van der Waals surface area contributed by atoms with Crippen molar-refractivity contribution in [2.75, 3.05) is 0 Å². The van der Waals surface area contributed by atoms with E-state index in [2.05, 4.69) is 15.2 Å². The van der Waals surface area contributed by atoms with Crippen molar-refractivity contribution in [1.29, 1.82) is 0 Å². The van der Waals surface area contributed by atoms with Crippen LogP contribution in [0, 0.1) is 5.92 Å². The van der Waals surface area contributed by atoms with Crippen LogP contribution in [0.1, 0.15) is 39.1 Å². The van der Waals surface area contributed by atoms with Gasteiger partial charge in [0.15, 0.2) is 5.69 Å². The van der Waals surface area contributed by atoms with Crippen LogP contribution in [0.25, 0.3) is 0 Å². The molecule has 0 bridgehead atoms. The topological polar surface area (TPSA) is 78.9 Å². The van der Waals surface area contributed by atoms with E-state index in [0.29, 0.717) is 17.8 Å². The highest BCUT2D eigenvalue weighted by molar-refractivity contribution is 5.88. The molecule has 2 aromatic rings. The van der Waals surface area contributed by atoms with Crippen molar-refractivity contribution >= 4 is 5.97 Å². The number of pyridine rings is 1. The summed E-state index contributed by atoms with van der Waals surface area (Å²) in [6.07, 6.45) is 4.44. The number of hydrogen-bond donors (Lipinski definition) is 2. The fourth-order valence-corrected chi connectivity index (χ4v) is 3.34. The molecule has 0 aliphatic heterocycles. The Morgan fingerprint density at radius 1 is 1.33 bits per heavy atom. The number of carboxylic acid groups (broad SMARTS) is 1. The van der Waals surface area contributed by atoms with E-state index in [1.165, 1.54) is 5.56 Å². The van der Waals surface area contributed by atoms with E-state index >= 15 is 0 Å². The molecule has 0 spiro atoms. The Bertz CT molecular complexity index is 635. The van der Waals surface area contributed by atoms with Gasteiger partial charge in [0.2, 0.25) is 0 Å². The van der Waals surface area contributed by atoms with Crippen LogP contribution in [0.15, 0.2) is 24.5 Å². The Morgan fingerprint density at radius 2 is 2.11 bits per heavy atom. The summed E-state index contributed by atoms with van der Waals surface area (Å²) in [5, 5.41) is 15.8. The molecule has 2 aliphatic carbocycles. The largest absolute Gasteiger partial charge is 0.476 e. The lowest BCUT2D eigenvalue weighted by Crippen LogP contribution is -2.02. The highest BCUT2D eigenvalue weighted by Gasteiger charge is 2.58. The van der Waals surface area contributed by atoms with Crippen LogP contribution in [-0.2, 0) is 6.42 Å². The van der Waals surface area contributed by atoms with Crippen molar-refractivity contribution in [3.05, 3.63) is 47.0 Å². The van der Waals surface area contributed by atoms with Gasteiger partial charge in [-0.05, 0) is 36.0 Å². The number of nitrogens with zero attached hydrogens (tertiary/aromatic N) is 2. The zero-order chi connectivity index (χ0) is 12.3. The number of carboxylic acids is 1. The number of aromatic nitrogens is 3. The van der Waals surface area contributed by atoms with Gasteiger partial charge in [0.25, 0.3) is 0 Å². The molecule has 5 heteroatoms. The van der Waals surface area contributed by atoms with Crippen LogP contribution in [-0.4, -0.2) is 26.3 Å². The fraction of sp³-hybridized carbons (Fsp3) is 0.308. The van der Waals surface area contributed by atoms with Gasteiger partial charge in [0, 0.05) is 29.6 Å². The summed E-state index contributed by atoms with van der Waals surface area (Å²) in [5.74, 6) is 0.523. The molecule has 18 heavy (non-hydrogen) atoms. The summed E-state index contributed by atoms with van der Waals surface area (Å²) in [4.78, 5) is 15.0. The van der Waals surface area contributed by atoms with E-state index < -0.39 is 5.97 Å². The molecular formula is C13H11N3O2. The number of hydrogen-bond acceptors (Lipinski definition) is 3. The van der Waals surface area contributed by atoms with Gasteiger partial charge in [-0.3, -0.25) is 10.1 Å². The van der Waals surface area contributed by atoms with E-state index in [0.717, 1.165) is 17.7 Å². The molecule has 2 heterocycles. The van der Waals surface area contributed by atoms with Crippen molar-refractivity contribution in [3.8, 4) is 0 Å². The minimum absolute atomic E-state index is 0.200. The Kier molecular flexibility index (Phi) is 1.74. The van der Waals surface area contributed by atoms with Crippen molar-refractivity contribution in [1.82, 2.24) is 15.2 Å². The highest BCUT2D eigenvalue weighted by Crippen LogP contribution is 2.66. The summed E-state index contributed by atoms with van der Waals surface area (Å²) in [7, 11) is 0. The quantitative estimate of drug-likeness (QED) is 0.836. The Balaban J connectivity index is 1.69. The average molecular weight is 241 g/mol. The van der Waals surface area contributed by atoms with Crippen molar-refractivity contribution < 1.29 is 9.90 Å². The zero-order valence-corrected chi connectivity index (χ0v) is 9.50. The van der Waals surface area contributed by atoms with Gasteiger partial charge < -0.3 is 5.11 Å². The van der Waals surface area contributed by atoms with Crippen LogP contribution in [0.3, 0.4) is 0 Å². The second kappa shape index (κ2) is 3.19. The second-order valence-corrected chi connectivity index (χ2v) is 4.97. The monoisotopic (exact) mass is 241 g/mol. The molecule has 4 rings (SSSR count). The fourth-order valence-electron chi connectivity index (χ4n) is 3.34. The molecule has 3 atom stereocenters. The predicted molar refractivity (Wildman–Crippen MR) is 62.5 cm³/mol. The van der Waals surface area contributed by atoms with Crippen LogP contribution in [0.2, 0.25) is 0 Å². The zero-order valence-electron chi connectivity index (χ0n) is 9.50. The number of fused-ring (bicyclic) bond motifs is 3. The first-order valence-electron chi connectivity index (χ1n) is 5.97. The molecule has 2 aliphatic rings. The lowest BCUT2D eigenvalue weighted by Gasteiger charge is -2.03. The first-order chi connectivity index (χ1) is 8.77. The van der Waals surface area contributed by atoms with Crippen LogP contribution in [0.5, 0.6) is 0 Å². The van der Waals surface area contributed by atoms with Crippen LogP contribution < -0.4 is 0 Å². The normalized spacial score (nSPS) is 27.7. The van der Waals surface area contributed by atoms with Gasteiger partial charge in [-0.25, -0.2) is 4.79 Å². The van der Waals surface area contributed by atoms with Gasteiger partial charge >= 0.3 is 5.97 Å². The van der Waals surface area contributed by atoms with Crippen LogP contribution >= 0.6 is 0 Å². The van der Waals surface area contributed by atoms with Gasteiger partial charge in [-0.15, -0.1) is 0 Å².